The largest absolute Gasteiger partial charge is 0.0489 e. The van der Waals surface area contributed by atoms with E-state index in [4.69, 9.17) is 0 Å². The Balaban J connectivity index is 3.28. The van der Waals surface area contributed by atoms with E-state index in [0.717, 1.165) is 17.9 Å². The lowest BCUT2D eigenvalue weighted by atomic mass is 10.4. The van der Waals surface area contributed by atoms with Crippen LogP contribution in [0.2, 0.25) is 0 Å². The van der Waals surface area contributed by atoms with Gasteiger partial charge in [-0.1, -0.05) is 0 Å². The molecule has 0 unspecified atom stereocenters. The van der Waals surface area contributed by atoms with Crippen LogP contribution in [-0.4, -0.2) is 0 Å². The van der Waals surface area contributed by atoms with Crippen molar-refractivity contribution < 1.29 is 0 Å². The third-order valence-corrected chi connectivity index (χ3v) is 4.27. The summed E-state index contributed by atoms with van der Waals surface area (Å²) in [6.45, 7) is 0. The molecule has 0 nitrogen and oxygen atoms in total. The average molecular weight is 392 g/mol. The summed E-state index contributed by atoms with van der Waals surface area (Å²) in [7, 11) is 0. The SMILES string of the molecule is Brc1[c]c(Br)c(Br)[c]c1Br. The first-order valence-corrected chi connectivity index (χ1v) is 5.43. The fraction of sp³-hybridized carbons (Fsp3) is 0. The molecule has 0 fully saturated rings. The number of halogens is 4. The zero-order chi connectivity index (χ0) is 7.72. The molecular weight excluding hydrogens is 392 g/mol. The molecule has 0 aliphatic carbocycles. The Morgan fingerprint density at radius 2 is 0.800 bits per heavy atom. The van der Waals surface area contributed by atoms with Gasteiger partial charge in [0.05, 0.1) is 0 Å². The molecule has 1 aromatic rings. The predicted octanol–water partition coefficient (Wildman–Crippen LogP) is 4.34. The summed E-state index contributed by atoms with van der Waals surface area (Å²) in [5.74, 6) is 0. The van der Waals surface area contributed by atoms with Crippen molar-refractivity contribution in [2.24, 2.45) is 0 Å². The minimum absolute atomic E-state index is 0.863. The molecule has 1 rings (SSSR count). The lowest BCUT2D eigenvalue weighted by molar-refractivity contribution is 1.48. The normalized spacial score (nSPS) is 10.0. The Hall–Kier alpha value is 1.14. The maximum absolute atomic E-state index is 3.30. The predicted molar refractivity (Wildman–Crippen MR) is 54.9 cm³/mol. The maximum atomic E-state index is 3.30. The molecule has 0 bridgehead atoms. The van der Waals surface area contributed by atoms with E-state index in [1.807, 2.05) is 0 Å². The molecule has 52 valence electrons. The zero-order valence-corrected chi connectivity index (χ0v) is 10.9. The first kappa shape index (κ1) is 9.23. The monoisotopic (exact) mass is 388 g/mol. The topological polar surface area (TPSA) is 0 Å². The second kappa shape index (κ2) is 3.70. The lowest BCUT2D eigenvalue weighted by Crippen LogP contribution is -1.74. The van der Waals surface area contributed by atoms with Gasteiger partial charge < -0.3 is 0 Å². The highest BCUT2D eigenvalue weighted by molar-refractivity contribution is 9.14. The molecule has 2 radical (unpaired) electrons. The average Bonchev–Trinajstić information content (AvgIpc) is 1.84. The molecule has 0 spiro atoms. The fourth-order valence-corrected chi connectivity index (χ4v) is 2.13. The number of benzene rings is 1. The Bertz CT molecular complexity index is 206. The highest BCUT2D eigenvalue weighted by Crippen LogP contribution is 2.31. The van der Waals surface area contributed by atoms with Crippen LogP contribution in [0.5, 0.6) is 0 Å². The maximum Gasteiger partial charge on any atom is 0.0415 e. The molecule has 0 amide bonds. The summed E-state index contributed by atoms with van der Waals surface area (Å²) in [5.41, 5.74) is 0. The van der Waals surface area contributed by atoms with E-state index in [-0.39, 0.29) is 0 Å². The van der Waals surface area contributed by atoms with Crippen molar-refractivity contribution in [1.82, 2.24) is 0 Å². The van der Waals surface area contributed by atoms with Gasteiger partial charge in [-0.15, -0.1) is 0 Å². The molecule has 10 heavy (non-hydrogen) atoms. The number of hydrogen-bond acceptors (Lipinski definition) is 0. The van der Waals surface area contributed by atoms with Crippen molar-refractivity contribution in [3.63, 3.8) is 0 Å². The van der Waals surface area contributed by atoms with Crippen molar-refractivity contribution >= 4 is 63.7 Å². The van der Waals surface area contributed by atoms with Gasteiger partial charge in [0.2, 0.25) is 0 Å². The van der Waals surface area contributed by atoms with Gasteiger partial charge in [-0.25, -0.2) is 0 Å². The van der Waals surface area contributed by atoms with Gasteiger partial charge in [-0.05, 0) is 63.7 Å². The van der Waals surface area contributed by atoms with E-state index in [1.54, 1.807) is 0 Å². The van der Waals surface area contributed by atoms with Crippen LogP contribution in [0.25, 0.3) is 0 Å². The van der Waals surface area contributed by atoms with E-state index in [9.17, 15) is 0 Å². The summed E-state index contributed by atoms with van der Waals surface area (Å²) < 4.78 is 3.45. The molecule has 4 heteroatoms. The van der Waals surface area contributed by atoms with Gasteiger partial charge in [-0.3, -0.25) is 0 Å². The van der Waals surface area contributed by atoms with E-state index < -0.39 is 0 Å². The molecule has 0 saturated heterocycles. The molecule has 0 heterocycles. The lowest BCUT2D eigenvalue weighted by Gasteiger charge is -1.97. The van der Waals surface area contributed by atoms with Gasteiger partial charge in [0.25, 0.3) is 0 Å². The van der Waals surface area contributed by atoms with Crippen LogP contribution in [0, 0.1) is 12.1 Å². The molecule has 0 aromatic heterocycles. The highest BCUT2D eigenvalue weighted by Gasteiger charge is 2.02. The minimum Gasteiger partial charge on any atom is -0.0489 e. The summed E-state index contributed by atoms with van der Waals surface area (Å²) in [6, 6.07) is 6.03. The van der Waals surface area contributed by atoms with Gasteiger partial charge >= 0.3 is 0 Å². The summed E-state index contributed by atoms with van der Waals surface area (Å²) in [5, 5.41) is 0. The number of rotatable bonds is 0. The van der Waals surface area contributed by atoms with Crippen LogP contribution < -0.4 is 0 Å². The van der Waals surface area contributed by atoms with E-state index in [2.05, 4.69) is 75.9 Å². The second-order valence-electron chi connectivity index (χ2n) is 1.51. The number of hydrogen-bond donors (Lipinski definition) is 0. The zero-order valence-electron chi connectivity index (χ0n) is 4.51. The summed E-state index contributed by atoms with van der Waals surface area (Å²) in [6.07, 6.45) is 0. The van der Waals surface area contributed by atoms with E-state index in [0.29, 0.717) is 0 Å². The first-order chi connectivity index (χ1) is 4.61. The Morgan fingerprint density at radius 1 is 0.600 bits per heavy atom. The van der Waals surface area contributed by atoms with Crippen molar-refractivity contribution in [3.8, 4) is 0 Å². The van der Waals surface area contributed by atoms with Crippen LogP contribution in [0.4, 0.5) is 0 Å². The van der Waals surface area contributed by atoms with Crippen molar-refractivity contribution in [2.45, 2.75) is 0 Å². The third kappa shape index (κ3) is 2.06. The van der Waals surface area contributed by atoms with Crippen LogP contribution in [-0.2, 0) is 0 Å². The molecule has 0 saturated carbocycles. The molecule has 1 aromatic carbocycles. The smallest absolute Gasteiger partial charge is 0.0415 e. The summed E-state index contributed by atoms with van der Waals surface area (Å²) in [4.78, 5) is 0. The Morgan fingerprint density at radius 3 is 1.00 bits per heavy atom. The molecule has 0 N–H and O–H groups in total. The quantitative estimate of drug-likeness (QED) is 0.577. The van der Waals surface area contributed by atoms with Crippen LogP contribution in [0.15, 0.2) is 17.9 Å². The first-order valence-electron chi connectivity index (χ1n) is 2.26. The van der Waals surface area contributed by atoms with Crippen LogP contribution in [0.1, 0.15) is 0 Å². The molecular formula is C6Br4. The Kier molecular flexibility index (Phi) is 3.41. The van der Waals surface area contributed by atoms with Gasteiger partial charge in [-0.2, -0.15) is 0 Å². The van der Waals surface area contributed by atoms with Crippen LogP contribution >= 0.6 is 63.7 Å². The van der Waals surface area contributed by atoms with E-state index in [1.165, 1.54) is 0 Å². The Labute approximate surface area is 92.9 Å². The van der Waals surface area contributed by atoms with Gasteiger partial charge in [0, 0.05) is 30.0 Å². The minimum atomic E-state index is 0.863. The van der Waals surface area contributed by atoms with Crippen molar-refractivity contribution in [3.05, 3.63) is 30.0 Å². The molecule has 0 aliphatic heterocycles. The van der Waals surface area contributed by atoms with Crippen LogP contribution in [0.3, 0.4) is 0 Å². The fourth-order valence-electron chi connectivity index (χ4n) is 0.412. The summed E-state index contributed by atoms with van der Waals surface area (Å²) >= 11 is 13.2. The van der Waals surface area contributed by atoms with Gasteiger partial charge in [0.1, 0.15) is 0 Å². The second-order valence-corrected chi connectivity index (χ2v) is 4.68. The standard InChI is InChI=1S/C6Br4/c7-3-1-4(8)6(10)2-5(3)9. The third-order valence-electron chi connectivity index (χ3n) is 0.824. The van der Waals surface area contributed by atoms with Gasteiger partial charge in [0.15, 0.2) is 0 Å². The molecule has 0 aliphatic rings. The highest BCUT2D eigenvalue weighted by atomic mass is 79.9. The van der Waals surface area contributed by atoms with E-state index >= 15 is 0 Å². The van der Waals surface area contributed by atoms with Crippen molar-refractivity contribution in [2.75, 3.05) is 0 Å². The molecule has 0 atom stereocenters. The van der Waals surface area contributed by atoms with Crippen molar-refractivity contribution in [1.29, 1.82) is 0 Å².